The number of para-hydroxylation sites is 1. The topological polar surface area (TPSA) is 92.3 Å². The second-order valence-corrected chi connectivity index (χ2v) is 6.89. The summed E-state index contributed by atoms with van der Waals surface area (Å²) in [6.07, 6.45) is 3.13. The van der Waals surface area contributed by atoms with Crippen molar-refractivity contribution in [2.75, 3.05) is 0 Å². The van der Waals surface area contributed by atoms with E-state index in [9.17, 15) is 4.79 Å². The van der Waals surface area contributed by atoms with Crippen molar-refractivity contribution in [2.45, 2.75) is 13.5 Å². The summed E-state index contributed by atoms with van der Waals surface area (Å²) >= 11 is 0. The Kier molecular flexibility index (Phi) is 6.13. The molecule has 0 aliphatic heterocycles. The number of carbonyl (C=O) groups excluding carboxylic acids is 1. The summed E-state index contributed by atoms with van der Waals surface area (Å²) in [6, 6.07) is 22.9. The van der Waals surface area contributed by atoms with Crippen molar-refractivity contribution in [1.82, 2.24) is 20.6 Å². The van der Waals surface area contributed by atoms with Crippen molar-refractivity contribution >= 4 is 12.1 Å². The number of nitrogens with one attached hydrogen (secondary N) is 2. The first-order valence-corrected chi connectivity index (χ1v) is 9.76. The van der Waals surface area contributed by atoms with Gasteiger partial charge in [0.2, 0.25) is 0 Å². The lowest BCUT2D eigenvalue weighted by molar-refractivity contribution is 0.0950. The molecule has 0 aliphatic rings. The quantitative estimate of drug-likeness (QED) is 0.353. The highest BCUT2D eigenvalue weighted by atomic mass is 16.5. The first-order valence-electron chi connectivity index (χ1n) is 9.76. The fourth-order valence-corrected chi connectivity index (χ4v) is 2.90. The summed E-state index contributed by atoms with van der Waals surface area (Å²) in [7, 11) is 0. The standard InChI is InChI=1S/C24H21N5O2/c1-17-9-11-18(12-10-17)16-31-23-8-3-2-7-20(23)21-14-22(28-27-21)24(30)29-26-15-19-6-4-5-13-25-19/h2-15H,16H2,1H3,(H,27,28)(H,29,30). The van der Waals surface area contributed by atoms with Gasteiger partial charge in [0.25, 0.3) is 5.91 Å². The number of hydrogen-bond donors (Lipinski definition) is 2. The second kappa shape index (κ2) is 9.49. The zero-order valence-electron chi connectivity index (χ0n) is 16.9. The number of carbonyl (C=O) groups is 1. The average molecular weight is 411 g/mol. The fourth-order valence-electron chi connectivity index (χ4n) is 2.90. The number of aromatic amines is 1. The van der Waals surface area contributed by atoms with Crippen LogP contribution in [0.5, 0.6) is 5.75 Å². The number of pyridine rings is 1. The normalized spacial score (nSPS) is 10.9. The van der Waals surface area contributed by atoms with Crippen molar-refractivity contribution in [3.63, 3.8) is 0 Å². The molecule has 2 heterocycles. The maximum atomic E-state index is 12.4. The molecule has 0 saturated carbocycles. The van der Waals surface area contributed by atoms with E-state index in [-0.39, 0.29) is 0 Å². The molecule has 2 aromatic carbocycles. The molecule has 154 valence electrons. The van der Waals surface area contributed by atoms with Gasteiger partial charge in [-0.25, -0.2) is 5.43 Å². The van der Waals surface area contributed by atoms with Gasteiger partial charge in [-0.1, -0.05) is 48.0 Å². The predicted octanol–water partition coefficient (Wildman–Crippen LogP) is 4.12. The molecule has 0 bridgehead atoms. The molecule has 0 atom stereocenters. The Bertz CT molecular complexity index is 1180. The van der Waals surface area contributed by atoms with Crippen LogP contribution in [0.25, 0.3) is 11.3 Å². The number of hydrazone groups is 1. The smallest absolute Gasteiger partial charge is 0.289 e. The third-order valence-corrected chi connectivity index (χ3v) is 4.55. The van der Waals surface area contributed by atoms with Gasteiger partial charge in [-0.15, -0.1) is 0 Å². The van der Waals surface area contributed by atoms with Gasteiger partial charge in [-0.05, 0) is 42.8 Å². The summed E-state index contributed by atoms with van der Waals surface area (Å²) in [4.78, 5) is 16.5. The minimum absolute atomic E-state index is 0.293. The lowest BCUT2D eigenvalue weighted by Crippen LogP contribution is -2.18. The third kappa shape index (κ3) is 5.22. The number of H-pyrrole nitrogens is 1. The zero-order chi connectivity index (χ0) is 21.5. The van der Waals surface area contributed by atoms with E-state index in [2.05, 4.69) is 44.8 Å². The Labute approximate surface area is 179 Å². The van der Waals surface area contributed by atoms with Crippen LogP contribution in [-0.2, 0) is 6.61 Å². The number of aryl methyl sites for hydroxylation is 1. The zero-order valence-corrected chi connectivity index (χ0v) is 16.9. The van der Waals surface area contributed by atoms with Crippen LogP contribution < -0.4 is 10.2 Å². The molecule has 0 saturated heterocycles. The van der Waals surface area contributed by atoms with Crippen molar-refractivity contribution in [2.24, 2.45) is 5.10 Å². The molecule has 2 aromatic heterocycles. The van der Waals surface area contributed by atoms with Gasteiger partial charge >= 0.3 is 0 Å². The van der Waals surface area contributed by atoms with E-state index in [0.717, 1.165) is 11.1 Å². The number of amides is 1. The molecular weight excluding hydrogens is 390 g/mol. The van der Waals surface area contributed by atoms with Crippen molar-refractivity contribution < 1.29 is 9.53 Å². The van der Waals surface area contributed by atoms with E-state index in [1.807, 2.05) is 48.5 Å². The predicted molar refractivity (Wildman–Crippen MR) is 119 cm³/mol. The Morgan fingerprint density at radius 2 is 1.90 bits per heavy atom. The van der Waals surface area contributed by atoms with Gasteiger partial charge in [0.05, 0.1) is 17.6 Å². The molecule has 1 amide bonds. The van der Waals surface area contributed by atoms with Crippen LogP contribution in [0.3, 0.4) is 0 Å². The van der Waals surface area contributed by atoms with Gasteiger partial charge in [0.1, 0.15) is 18.1 Å². The van der Waals surface area contributed by atoms with E-state index in [1.165, 1.54) is 11.8 Å². The largest absolute Gasteiger partial charge is 0.488 e. The number of aromatic nitrogens is 3. The molecule has 0 spiro atoms. The SMILES string of the molecule is Cc1ccc(COc2ccccc2-c2cc(C(=O)NN=Cc3ccccn3)[nH]n2)cc1. The van der Waals surface area contributed by atoms with Gasteiger partial charge in [0.15, 0.2) is 0 Å². The van der Waals surface area contributed by atoms with Crippen LogP contribution in [0.2, 0.25) is 0 Å². The van der Waals surface area contributed by atoms with E-state index in [4.69, 9.17) is 4.74 Å². The number of hydrogen-bond acceptors (Lipinski definition) is 5. The molecule has 0 fully saturated rings. The molecule has 4 aromatic rings. The highest BCUT2D eigenvalue weighted by Gasteiger charge is 2.13. The van der Waals surface area contributed by atoms with E-state index >= 15 is 0 Å². The monoisotopic (exact) mass is 411 g/mol. The van der Waals surface area contributed by atoms with Crippen LogP contribution in [0.1, 0.15) is 27.3 Å². The molecule has 4 rings (SSSR count). The number of nitrogens with zero attached hydrogens (tertiary/aromatic N) is 3. The van der Waals surface area contributed by atoms with Crippen LogP contribution in [-0.4, -0.2) is 27.3 Å². The Morgan fingerprint density at radius 1 is 1.10 bits per heavy atom. The van der Waals surface area contributed by atoms with Gasteiger partial charge in [-0.2, -0.15) is 10.2 Å². The summed E-state index contributed by atoms with van der Waals surface area (Å²) in [5.41, 5.74) is 7.09. The Hall–Kier alpha value is -4.26. The minimum Gasteiger partial charge on any atom is -0.488 e. The molecular formula is C24H21N5O2. The molecule has 31 heavy (non-hydrogen) atoms. The molecule has 0 radical (unpaired) electrons. The Balaban J connectivity index is 1.44. The molecule has 7 nitrogen and oxygen atoms in total. The summed E-state index contributed by atoms with van der Waals surface area (Å²) < 4.78 is 6.02. The van der Waals surface area contributed by atoms with Gasteiger partial charge in [0, 0.05) is 11.8 Å². The highest BCUT2D eigenvalue weighted by molar-refractivity contribution is 5.94. The van der Waals surface area contributed by atoms with Crippen molar-refractivity contribution in [3.8, 4) is 17.0 Å². The van der Waals surface area contributed by atoms with Crippen molar-refractivity contribution in [3.05, 3.63) is 102 Å². The lowest BCUT2D eigenvalue weighted by Gasteiger charge is -2.10. The summed E-state index contributed by atoms with van der Waals surface area (Å²) in [6.45, 7) is 2.49. The van der Waals surface area contributed by atoms with Gasteiger partial charge < -0.3 is 4.74 Å². The summed E-state index contributed by atoms with van der Waals surface area (Å²) in [5.74, 6) is 0.290. The number of ether oxygens (including phenoxy) is 1. The van der Waals surface area contributed by atoms with Crippen LogP contribution in [0.4, 0.5) is 0 Å². The average Bonchev–Trinajstić information content (AvgIpc) is 3.30. The van der Waals surface area contributed by atoms with E-state index in [0.29, 0.717) is 29.4 Å². The van der Waals surface area contributed by atoms with Crippen LogP contribution in [0.15, 0.2) is 84.1 Å². The maximum absolute atomic E-state index is 12.4. The van der Waals surface area contributed by atoms with E-state index < -0.39 is 5.91 Å². The lowest BCUT2D eigenvalue weighted by atomic mass is 10.1. The van der Waals surface area contributed by atoms with E-state index in [1.54, 1.807) is 18.3 Å². The molecule has 2 N–H and O–H groups in total. The first kappa shape index (κ1) is 20.0. The third-order valence-electron chi connectivity index (χ3n) is 4.55. The second-order valence-electron chi connectivity index (χ2n) is 6.89. The number of benzene rings is 2. The molecule has 0 unspecified atom stereocenters. The molecule has 0 aliphatic carbocycles. The minimum atomic E-state index is -0.399. The number of rotatable bonds is 7. The summed E-state index contributed by atoms with van der Waals surface area (Å²) in [5, 5.41) is 11.0. The van der Waals surface area contributed by atoms with Crippen molar-refractivity contribution in [1.29, 1.82) is 0 Å². The highest BCUT2D eigenvalue weighted by Crippen LogP contribution is 2.29. The van der Waals surface area contributed by atoms with Gasteiger partial charge in [-0.3, -0.25) is 14.9 Å². The van der Waals surface area contributed by atoms with Crippen LogP contribution in [0, 0.1) is 6.92 Å². The first-order chi connectivity index (χ1) is 15.2. The van der Waals surface area contributed by atoms with Crippen LogP contribution >= 0.6 is 0 Å². The Morgan fingerprint density at radius 3 is 2.71 bits per heavy atom. The maximum Gasteiger partial charge on any atom is 0.289 e. The fraction of sp³-hybridized carbons (Fsp3) is 0.0833. The molecule has 7 heteroatoms.